The van der Waals surface area contributed by atoms with Crippen molar-refractivity contribution in [2.24, 2.45) is 0 Å². The zero-order valence-corrected chi connectivity index (χ0v) is 18.4. The second kappa shape index (κ2) is 9.26. The van der Waals surface area contributed by atoms with Crippen molar-refractivity contribution in [1.82, 2.24) is 15.1 Å². The molecule has 2 heterocycles. The largest absolute Gasteiger partial charge is 0.324 e. The molecule has 3 amide bonds. The number of piperidine rings is 1. The molecule has 1 atom stereocenters. The van der Waals surface area contributed by atoms with E-state index in [0.717, 1.165) is 40.4 Å². The summed E-state index contributed by atoms with van der Waals surface area (Å²) in [4.78, 5) is 27.1. The van der Waals surface area contributed by atoms with Gasteiger partial charge in [0.2, 0.25) is 5.01 Å². The van der Waals surface area contributed by atoms with Crippen LogP contribution < -0.4 is 10.6 Å². The molecule has 0 aliphatic carbocycles. The quantitative estimate of drug-likeness (QED) is 0.615. The molecule has 1 saturated heterocycles. The van der Waals surface area contributed by atoms with Crippen molar-refractivity contribution in [2.45, 2.75) is 32.6 Å². The number of nitrogens with zero attached hydrogens (tertiary/aromatic N) is 3. The van der Waals surface area contributed by atoms with Gasteiger partial charge in [-0.3, -0.25) is 4.79 Å². The SMILES string of the molecule is Cc1ccc(NC(=O)c2nnc(C3CCCN(C(=O)Nc4ccccc4C)C3)s2)cc1. The van der Waals surface area contributed by atoms with Gasteiger partial charge in [-0.25, -0.2) is 4.79 Å². The number of rotatable bonds is 4. The number of anilines is 2. The molecule has 1 unspecified atom stereocenters. The number of hydrogen-bond donors (Lipinski definition) is 2. The van der Waals surface area contributed by atoms with Crippen LogP contribution in [0.25, 0.3) is 0 Å². The van der Waals surface area contributed by atoms with Gasteiger partial charge in [0.25, 0.3) is 5.91 Å². The summed E-state index contributed by atoms with van der Waals surface area (Å²) in [7, 11) is 0. The maximum atomic E-state index is 12.8. The zero-order valence-electron chi connectivity index (χ0n) is 17.6. The van der Waals surface area contributed by atoms with E-state index in [4.69, 9.17) is 0 Å². The monoisotopic (exact) mass is 435 g/mol. The van der Waals surface area contributed by atoms with E-state index in [9.17, 15) is 9.59 Å². The first-order valence-corrected chi connectivity index (χ1v) is 11.1. The molecule has 7 nitrogen and oxygen atoms in total. The molecule has 1 aliphatic heterocycles. The molecule has 31 heavy (non-hydrogen) atoms. The fourth-order valence-electron chi connectivity index (χ4n) is 3.58. The topological polar surface area (TPSA) is 87.2 Å². The molecule has 1 aliphatic rings. The van der Waals surface area contributed by atoms with Crippen molar-refractivity contribution in [3.8, 4) is 0 Å². The lowest BCUT2D eigenvalue weighted by Crippen LogP contribution is -2.41. The number of amides is 3. The number of benzene rings is 2. The molecule has 4 rings (SSSR count). The molecule has 8 heteroatoms. The molecule has 0 bridgehead atoms. The smallest absolute Gasteiger partial charge is 0.321 e. The molecular formula is C23H25N5O2S. The van der Waals surface area contributed by atoms with Gasteiger partial charge in [0.15, 0.2) is 0 Å². The summed E-state index contributed by atoms with van der Waals surface area (Å²) in [5.74, 6) is -0.188. The summed E-state index contributed by atoms with van der Waals surface area (Å²) < 4.78 is 0. The van der Waals surface area contributed by atoms with Crippen LogP contribution in [0.4, 0.5) is 16.2 Å². The third-order valence-electron chi connectivity index (χ3n) is 5.39. The van der Waals surface area contributed by atoms with Gasteiger partial charge in [-0.1, -0.05) is 47.2 Å². The van der Waals surface area contributed by atoms with Gasteiger partial charge in [-0.2, -0.15) is 0 Å². The average Bonchev–Trinajstić information content (AvgIpc) is 3.28. The Morgan fingerprint density at radius 2 is 1.81 bits per heavy atom. The van der Waals surface area contributed by atoms with E-state index in [1.807, 2.05) is 67.3 Å². The molecule has 1 aromatic heterocycles. The Bertz CT molecular complexity index is 1080. The predicted octanol–water partition coefficient (Wildman–Crippen LogP) is 4.82. The molecule has 2 aromatic carbocycles. The van der Waals surface area contributed by atoms with Gasteiger partial charge in [0, 0.05) is 30.4 Å². The van der Waals surface area contributed by atoms with Crippen LogP contribution in [-0.2, 0) is 0 Å². The normalized spacial score (nSPS) is 16.1. The molecule has 160 valence electrons. The van der Waals surface area contributed by atoms with E-state index >= 15 is 0 Å². The van der Waals surface area contributed by atoms with Crippen molar-refractivity contribution in [2.75, 3.05) is 23.7 Å². The molecular weight excluding hydrogens is 410 g/mol. The Morgan fingerprint density at radius 1 is 1.03 bits per heavy atom. The molecule has 1 fully saturated rings. The van der Waals surface area contributed by atoms with Gasteiger partial charge in [0.1, 0.15) is 5.01 Å². The molecule has 0 saturated carbocycles. The van der Waals surface area contributed by atoms with Crippen molar-refractivity contribution >= 4 is 34.6 Å². The van der Waals surface area contributed by atoms with Gasteiger partial charge in [-0.05, 0) is 50.5 Å². The van der Waals surface area contributed by atoms with Gasteiger partial charge in [-0.15, -0.1) is 10.2 Å². The Hall–Kier alpha value is -3.26. The lowest BCUT2D eigenvalue weighted by molar-refractivity contribution is 0.102. The highest BCUT2D eigenvalue weighted by atomic mass is 32.1. The van der Waals surface area contributed by atoms with E-state index in [1.165, 1.54) is 11.3 Å². The summed E-state index contributed by atoms with van der Waals surface area (Å²) in [6, 6.07) is 15.2. The Kier molecular flexibility index (Phi) is 6.27. The van der Waals surface area contributed by atoms with Crippen LogP contribution in [0.3, 0.4) is 0 Å². The van der Waals surface area contributed by atoms with E-state index in [0.29, 0.717) is 18.1 Å². The number of nitrogens with one attached hydrogen (secondary N) is 2. The number of hydrogen-bond acceptors (Lipinski definition) is 5. The molecule has 3 aromatic rings. The van der Waals surface area contributed by atoms with Crippen LogP contribution in [0.1, 0.15) is 44.7 Å². The second-order valence-electron chi connectivity index (χ2n) is 7.80. The van der Waals surface area contributed by atoms with E-state index in [-0.39, 0.29) is 17.9 Å². The van der Waals surface area contributed by atoms with Crippen LogP contribution in [0.15, 0.2) is 48.5 Å². The molecule has 0 radical (unpaired) electrons. The van der Waals surface area contributed by atoms with E-state index in [1.54, 1.807) is 0 Å². The summed E-state index contributed by atoms with van der Waals surface area (Å²) in [5, 5.41) is 15.3. The lowest BCUT2D eigenvalue weighted by Gasteiger charge is -2.31. The fraction of sp³-hybridized carbons (Fsp3) is 0.304. The molecule has 0 spiro atoms. The standard InChI is InChI=1S/C23H25N5O2S/c1-15-9-11-18(12-10-15)24-20(29)22-27-26-21(31-22)17-7-5-13-28(14-17)23(30)25-19-8-4-3-6-16(19)2/h3-4,6,8-12,17H,5,7,13-14H2,1-2H3,(H,24,29)(H,25,30). The van der Waals surface area contributed by atoms with E-state index < -0.39 is 0 Å². The highest BCUT2D eigenvalue weighted by Gasteiger charge is 2.28. The highest BCUT2D eigenvalue weighted by molar-refractivity contribution is 7.13. The number of urea groups is 1. The Balaban J connectivity index is 1.39. The van der Waals surface area contributed by atoms with Crippen LogP contribution in [-0.4, -0.2) is 40.1 Å². The highest BCUT2D eigenvalue weighted by Crippen LogP contribution is 2.30. The van der Waals surface area contributed by atoms with Gasteiger partial charge in [0.05, 0.1) is 0 Å². The Morgan fingerprint density at radius 3 is 2.58 bits per heavy atom. The molecule has 2 N–H and O–H groups in total. The number of aromatic nitrogens is 2. The van der Waals surface area contributed by atoms with Crippen LogP contribution >= 0.6 is 11.3 Å². The minimum absolute atomic E-state index is 0.0785. The first kappa shape index (κ1) is 21.0. The van der Waals surface area contributed by atoms with Gasteiger partial charge < -0.3 is 15.5 Å². The van der Waals surface area contributed by atoms with Crippen molar-refractivity contribution in [3.63, 3.8) is 0 Å². The van der Waals surface area contributed by atoms with Crippen molar-refractivity contribution in [3.05, 3.63) is 69.7 Å². The fourth-order valence-corrected chi connectivity index (χ4v) is 4.45. The minimum Gasteiger partial charge on any atom is -0.324 e. The van der Waals surface area contributed by atoms with Crippen molar-refractivity contribution in [1.29, 1.82) is 0 Å². The maximum absolute atomic E-state index is 12.8. The lowest BCUT2D eigenvalue weighted by atomic mass is 9.99. The first-order valence-electron chi connectivity index (χ1n) is 10.3. The van der Waals surface area contributed by atoms with Crippen LogP contribution in [0.5, 0.6) is 0 Å². The van der Waals surface area contributed by atoms with E-state index in [2.05, 4.69) is 20.8 Å². The predicted molar refractivity (Wildman–Crippen MR) is 123 cm³/mol. The first-order chi connectivity index (χ1) is 15.0. The zero-order chi connectivity index (χ0) is 21.8. The maximum Gasteiger partial charge on any atom is 0.321 e. The summed E-state index contributed by atoms with van der Waals surface area (Å²) in [6.07, 6.45) is 1.80. The average molecular weight is 436 g/mol. The van der Waals surface area contributed by atoms with Crippen LogP contribution in [0.2, 0.25) is 0 Å². The number of carbonyl (C=O) groups excluding carboxylic acids is 2. The van der Waals surface area contributed by atoms with Crippen molar-refractivity contribution < 1.29 is 9.59 Å². The second-order valence-corrected chi connectivity index (χ2v) is 8.80. The summed E-state index contributed by atoms with van der Waals surface area (Å²) >= 11 is 1.30. The number of para-hydroxylation sites is 1. The summed E-state index contributed by atoms with van der Waals surface area (Å²) in [6.45, 7) is 5.23. The third kappa shape index (κ3) is 5.08. The minimum atomic E-state index is -0.266. The van der Waals surface area contributed by atoms with Gasteiger partial charge >= 0.3 is 6.03 Å². The Labute approximate surface area is 185 Å². The van der Waals surface area contributed by atoms with Crippen LogP contribution in [0, 0.1) is 13.8 Å². The number of aryl methyl sites for hydroxylation is 2. The number of carbonyl (C=O) groups is 2. The third-order valence-corrected chi connectivity index (χ3v) is 6.47. The number of likely N-dealkylation sites (tertiary alicyclic amines) is 1. The summed E-state index contributed by atoms with van der Waals surface area (Å²) in [5.41, 5.74) is 3.70.